The van der Waals surface area contributed by atoms with E-state index in [1.807, 2.05) is 24.3 Å². The lowest BCUT2D eigenvalue weighted by Crippen LogP contribution is -2.11. The Hall–Kier alpha value is -1.92. The minimum absolute atomic E-state index is 0.705. The number of allylic oxidation sites excluding steroid dienone is 10. The number of fused-ring (bicyclic) bond motifs is 1. The van der Waals surface area contributed by atoms with Crippen LogP contribution in [0.4, 0.5) is 0 Å². The van der Waals surface area contributed by atoms with Gasteiger partial charge in [0.2, 0.25) is 0 Å². The minimum Gasteiger partial charge on any atom is -0.361 e. The molecule has 0 fully saturated rings. The molecule has 0 aromatic carbocycles. The molecule has 0 heterocycles. The third-order valence-electron chi connectivity index (χ3n) is 2.76. The predicted octanol–water partition coefficient (Wildman–Crippen LogP) is 2.35. The molecule has 66 valence electrons. The van der Waals surface area contributed by atoms with Crippen molar-refractivity contribution in [1.29, 1.82) is 0 Å². The quantitative estimate of drug-likeness (QED) is 0.405. The molecule has 3 aliphatic carbocycles. The summed E-state index contributed by atoms with van der Waals surface area (Å²) in [7, 11) is 0. The first-order chi connectivity index (χ1) is 6.90. The molecular weight excluding hydrogens is 172 g/mol. The minimum atomic E-state index is 0.705. The van der Waals surface area contributed by atoms with Crippen LogP contribution in [0.15, 0.2) is 58.7 Å². The van der Waals surface area contributed by atoms with Crippen molar-refractivity contribution < 1.29 is 4.79 Å². The molecule has 0 spiro atoms. The Morgan fingerprint density at radius 1 is 1.29 bits per heavy atom. The van der Waals surface area contributed by atoms with E-state index >= 15 is 0 Å². The normalized spacial score (nSPS) is 21.9. The zero-order valence-corrected chi connectivity index (χ0v) is 7.57. The second kappa shape index (κ2) is 2.53. The summed E-state index contributed by atoms with van der Waals surface area (Å²) in [6.45, 7) is 0. The van der Waals surface area contributed by atoms with Crippen LogP contribution in [0.3, 0.4) is 0 Å². The first-order valence-corrected chi connectivity index (χ1v) is 4.63. The molecular formula is C12H8N2. The molecule has 0 saturated heterocycles. The van der Waals surface area contributed by atoms with E-state index in [-0.39, 0.29) is 0 Å². The van der Waals surface area contributed by atoms with E-state index < -0.39 is 0 Å². The third kappa shape index (κ3) is 0.808. The molecule has 0 bridgehead atoms. The molecule has 0 atom stereocenters. The van der Waals surface area contributed by atoms with E-state index in [4.69, 9.17) is 5.53 Å². The van der Waals surface area contributed by atoms with Crippen molar-refractivity contribution in [2.45, 2.75) is 6.42 Å². The topological polar surface area (TPSA) is 36.4 Å². The Balaban J connectivity index is 2.28. The summed E-state index contributed by atoms with van der Waals surface area (Å²) in [5.41, 5.74) is 14.2. The molecule has 0 saturated carbocycles. The lowest BCUT2D eigenvalue weighted by molar-refractivity contribution is -0.00306. The fourth-order valence-corrected chi connectivity index (χ4v) is 2.10. The molecule has 0 aliphatic heterocycles. The van der Waals surface area contributed by atoms with E-state index in [2.05, 4.69) is 16.9 Å². The molecule has 2 nitrogen and oxygen atoms in total. The van der Waals surface area contributed by atoms with Crippen molar-refractivity contribution in [3.8, 4) is 0 Å². The smallest absolute Gasteiger partial charge is 0.330 e. The summed E-state index contributed by atoms with van der Waals surface area (Å²) in [4.78, 5) is 3.39. The zero-order valence-electron chi connectivity index (χ0n) is 7.57. The molecule has 0 amide bonds. The maximum atomic E-state index is 9.01. The van der Waals surface area contributed by atoms with Crippen molar-refractivity contribution in [3.05, 3.63) is 64.3 Å². The number of rotatable bonds is 0. The maximum Gasteiger partial charge on any atom is 0.330 e. The van der Waals surface area contributed by atoms with Crippen LogP contribution in [0.1, 0.15) is 6.42 Å². The van der Waals surface area contributed by atoms with Crippen LogP contribution in [0.25, 0.3) is 5.53 Å². The highest BCUT2D eigenvalue weighted by molar-refractivity contribution is 6.17. The summed E-state index contributed by atoms with van der Waals surface area (Å²) in [5, 5.41) is 0. The van der Waals surface area contributed by atoms with Gasteiger partial charge in [-0.05, 0) is 29.7 Å². The Labute approximate surface area is 81.9 Å². The van der Waals surface area contributed by atoms with Crippen LogP contribution in [0, 0.1) is 0 Å². The summed E-state index contributed by atoms with van der Waals surface area (Å²) in [6, 6.07) is 0. The van der Waals surface area contributed by atoms with Gasteiger partial charge in [0.25, 0.3) is 0 Å². The number of hydrogen-bond donors (Lipinski definition) is 0. The lowest BCUT2D eigenvalue weighted by atomic mass is 9.89. The Morgan fingerprint density at radius 2 is 2.21 bits per heavy atom. The zero-order chi connectivity index (χ0) is 9.54. The van der Waals surface area contributed by atoms with Crippen LogP contribution in [0.2, 0.25) is 0 Å². The van der Waals surface area contributed by atoms with E-state index in [0.29, 0.717) is 5.71 Å². The lowest BCUT2D eigenvalue weighted by Gasteiger charge is -2.09. The van der Waals surface area contributed by atoms with Crippen molar-refractivity contribution in [2.24, 2.45) is 0 Å². The summed E-state index contributed by atoms with van der Waals surface area (Å²) < 4.78 is 0. The molecule has 0 radical (unpaired) electrons. The first-order valence-electron chi connectivity index (χ1n) is 4.63. The molecule has 14 heavy (non-hydrogen) atoms. The molecule has 2 heteroatoms. The van der Waals surface area contributed by atoms with Crippen molar-refractivity contribution >= 4 is 5.71 Å². The van der Waals surface area contributed by atoms with Gasteiger partial charge in [-0.1, -0.05) is 24.3 Å². The van der Waals surface area contributed by atoms with Crippen LogP contribution in [-0.2, 0) is 0 Å². The molecule has 3 aliphatic rings. The largest absolute Gasteiger partial charge is 0.361 e. The van der Waals surface area contributed by atoms with E-state index in [1.165, 1.54) is 5.57 Å². The van der Waals surface area contributed by atoms with E-state index in [9.17, 15) is 0 Å². The maximum absolute atomic E-state index is 9.01. The monoisotopic (exact) mass is 180 g/mol. The molecule has 3 rings (SSSR count). The molecule has 0 aromatic rings. The second-order valence-electron chi connectivity index (χ2n) is 3.53. The highest BCUT2D eigenvalue weighted by Crippen LogP contribution is 2.34. The van der Waals surface area contributed by atoms with E-state index in [0.717, 1.165) is 23.1 Å². The highest BCUT2D eigenvalue weighted by atomic mass is 14.9. The standard InChI is InChI=1S/C12H8N2/c13-14-12-10-5-1-3-8(10)7-9-4-2-6-11(9)12/h1-3,5-7H,4H2. The highest BCUT2D eigenvalue weighted by Gasteiger charge is 2.31. The predicted molar refractivity (Wildman–Crippen MR) is 54.7 cm³/mol. The fourth-order valence-electron chi connectivity index (χ4n) is 2.10. The molecule has 0 aromatic heterocycles. The Morgan fingerprint density at radius 3 is 3.07 bits per heavy atom. The summed E-state index contributed by atoms with van der Waals surface area (Å²) in [6.07, 6.45) is 13.2. The average molecular weight is 180 g/mol. The molecule has 0 unspecified atom stereocenters. The average Bonchev–Trinajstić information content (AvgIpc) is 2.80. The molecule has 0 N–H and O–H groups in total. The van der Waals surface area contributed by atoms with Gasteiger partial charge in [0.1, 0.15) is 0 Å². The van der Waals surface area contributed by atoms with Crippen LogP contribution in [0.5, 0.6) is 0 Å². The summed E-state index contributed by atoms with van der Waals surface area (Å²) in [5.74, 6) is 0. The van der Waals surface area contributed by atoms with Gasteiger partial charge in [-0.2, -0.15) is 4.79 Å². The van der Waals surface area contributed by atoms with E-state index in [1.54, 1.807) is 0 Å². The van der Waals surface area contributed by atoms with Gasteiger partial charge in [-0.25, -0.2) is 0 Å². The van der Waals surface area contributed by atoms with Crippen molar-refractivity contribution in [1.82, 2.24) is 0 Å². The summed E-state index contributed by atoms with van der Waals surface area (Å²) >= 11 is 0. The van der Waals surface area contributed by atoms with Gasteiger partial charge in [0.05, 0.1) is 11.1 Å². The van der Waals surface area contributed by atoms with Crippen molar-refractivity contribution in [3.63, 3.8) is 0 Å². The van der Waals surface area contributed by atoms with Gasteiger partial charge in [0.15, 0.2) is 0 Å². The van der Waals surface area contributed by atoms with Crippen molar-refractivity contribution in [2.75, 3.05) is 0 Å². The Kier molecular flexibility index (Phi) is 1.35. The first kappa shape index (κ1) is 7.48. The van der Waals surface area contributed by atoms with Gasteiger partial charge >= 0.3 is 5.71 Å². The fraction of sp³-hybridized carbons (Fsp3) is 0.0833. The SMILES string of the molecule is [N-]=[N+]=C1C2=CC=CC2=CC2=C1C=CC2. The Bertz CT molecular complexity index is 519. The van der Waals surface area contributed by atoms with Gasteiger partial charge in [-0.15, -0.1) is 0 Å². The number of hydrogen-bond acceptors (Lipinski definition) is 0. The van der Waals surface area contributed by atoms with Crippen LogP contribution in [-0.4, -0.2) is 10.5 Å². The van der Waals surface area contributed by atoms with Gasteiger partial charge in [-0.3, -0.25) is 0 Å². The van der Waals surface area contributed by atoms with Gasteiger partial charge < -0.3 is 5.53 Å². The number of nitrogens with zero attached hydrogens (tertiary/aromatic N) is 2. The second-order valence-corrected chi connectivity index (χ2v) is 3.53. The van der Waals surface area contributed by atoms with Crippen LogP contribution >= 0.6 is 0 Å². The van der Waals surface area contributed by atoms with Gasteiger partial charge in [0, 0.05) is 0 Å². The van der Waals surface area contributed by atoms with Crippen LogP contribution < -0.4 is 0 Å². The third-order valence-corrected chi connectivity index (χ3v) is 2.76.